The third-order valence-electron chi connectivity index (χ3n) is 5.27. The third-order valence-corrected chi connectivity index (χ3v) is 5.27. The van der Waals surface area contributed by atoms with Crippen molar-refractivity contribution >= 4 is 6.09 Å². The Morgan fingerprint density at radius 1 is 1.10 bits per heavy atom. The van der Waals surface area contributed by atoms with E-state index in [1.807, 2.05) is 0 Å². The minimum atomic E-state index is -0.777. The first-order valence-corrected chi connectivity index (χ1v) is 8.06. The quantitative estimate of drug-likeness (QED) is 0.928. The molecular weight excluding hydrogens is 264 g/mol. The molecule has 0 spiro atoms. The van der Waals surface area contributed by atoms with Crippen molar-refractivity contribution < 1.29 is 9.90 Å². The predicted octanol–water partition coefficient (Wildman–Crippen LogP) is 3.06. The van der Waals surface area contributed by atoms with Crippen LogP contribution in [0.15, 0.2) is 24.3 Å². The summed E-state index contributed by atoms with van der Waals surface area (Å²) in [5.74, 6) is 0.778. The Kier molecular flexibility index (Phi) is 3.14. The maximum Gasteiger partial charge on any atom is 0.407 e. The number of hydrogen-bond acceptors (Lipinski definition) is 2. The number of nitrogens with zero attached hydrogens (tertiary/aromatic N) is 2. The summed E-state index contributed by atoms with van der Waals surface area (Å²) in [5, 5.41) is 9.01. The van der Waals surface area contributed by atoms with Gasteiger partial charge in [0.25, 0.3) is 0 Å². The molecule has 21 heavy (non-hydrogen) atoms. The molecule has 0 bridgehead atoms. The van der Waals surface area contributed by atoms with Crippen LogP contribution in [0.1, 0.15) is 48.8 Å². The summed E-state index contributed by atoms with van der Waals surface area (Å²) < 4.78 is 0. The van der Waals surface area contributed by atoms with Crippen LogP contribution in [-0.2, 0) is 0 Å². The molecule has 2 heterocycles. The summed E-state index contributed by atoms with van der Waals surface area (Å²) in [6, 6.07) is 9.83. The van der Waals surface area contributed by atoms with E-state index in [2.05, 4.69) is 29.2 Å². The zero-order valence-electron chi connectivity index (χ0n) is 12.2. The van der Waals surface area contributed by atoms with Crippen LogP contribution < -0.4 is 0 Å². The van der Waals surface area contributed by atoms with Crippen LogP contribution in [0.5, 0.6) is 0 Å². The van der Waals surface area contributed by atoms with Crippen LogP contribution in [-0.4, -0.2) is 46.7 Å². The van der Waals surface area contributed by atoms with Crippen molar-refractivity contribution in [3.05, 3.63) is 35.4 Å². The van der Waals surface area contributed by atoms with Crippen LogP contribution >= 0.6 is 0 Å². The Labute approximate surface area is 125 Å². The molecule has 2 aliphatic heterocycles. The molecule has 3 aliphatic rings. The molecule has 4 rings (SSSR count). The lowest BCUT2D eigenvalue weighted by Crippen LogP contribution is -2.60. The van der Waals surface area contributed by atoms with Gasteiger partial charge >= 0.3 is 6.09 Å². The number of benzene rings is 1. The molecule has 1 amide bonds. The molecule has 0 aromatic heterocycles. The second kappa shape index (κ2) is 5.02. The third kappa shape index (κ3) is 2.31. The molecule has 1 aliphatic carbocycles. The molecule has 4 heteroatoms. The summed E-state index contributed by atoms with van der Waals surface area (Å²) >= 11 is 0. The molecule has 1 saturated carbocycles. The maximum atomic E-state index is 11.0. The van der Waals surface area contributed by atoms with E-state index in [4.69, 9.17) is 5.11 Å². The van der Waals surface area contributed by atoms with Gasteiger partial charge in [0.2, 0.25) is 0 Å². The van der Waals surface area contributed by atoms with Crippen molar-refractivity contribution in [2.45, 2.75) is 43.7 Å². The fraction of sp³-hybridized carbons (Fsp3) is 0.588. The summed E-state index contributed by atoms with van der Waals surface area (Å²) in [6.45, 7) is 2.47. The minimum absolute atomic E-state index is 0.417. The molecule has 0 radical (unpaired) electrons. The summed E-state index contributed by atoms with van der Waals surface area (Å²) in [5.41, 5.74) is 3.05. The summed E-state index contributed by atoms with van der Waals surface area (Å²) in [7, 11) is 0. The Bertz CT molecular complexity index is 549. The van der Waals surface area contributed by atoms with Crippen molar-refractivity contribution in [1.82, 2.24) is 9.80 Å². The summed E-state index contributed by atoms with van der Waals surface area (Å²) in [6.07, 6.45) is 4.33. The van der Waals surface area contributed by atoms with Crippen LogP contribution in [0, 0.1) is 0 Å². The first-order valence-electron chi connectivity index (χ1n) is 8.06. The molecule has 1 atom stereocenters. The highest BCUT2D eigenvalue weighted by Gasteiger charge is 2.41. The highest BCUT2D eigenvalue weighted by atomic mass is 16.4. The fourth-order valence-corrected chi connectivity index (χ4v) is 3.96. The lowest BCUT2D eigenvalue weighted by molar-refractivity contribution is 0.0299. The van der Waals surface area contributed by atoms with Crippen molar-refractivity contribution in [2.75, 3.05) is 19.6 Å². The molecule has 1 N–H and O–H groups in total. The number of carbonyl (C=O) groups is 1. The zero-order chi connectivity index (χ0) is 14.4. The van der Waals surface area contributed by atoms with E-state index in [-0.39, 0.29) is 0 Å². The molecule has 3 fully saturated rings. The lowest BCUT2D eigenvalue weighted by Gasteiger charge is -2.45. The van der Waals surface area contributed by atoms with Crippen LogP contribution in [0.3, 0.4) is 0 Å². The van der Waals surface area contributed by atoms with E-state index in [1.165, 1.54) is 36.1 Å². The number of rotatable bonds is 3. The first kappa shape index (κ1) is 13.1. The Balaban J connectivity index is 1.53. The molecule has 1 aromatic carbocycles. The minimum Gasteiger partial charge on any atom is -0.465 e. The highest BCUT2D eigenvalue weighted by Crippen LogP contribution is 2.46. The normalized spacial score (nSPS) is 26.9. The average molecular weight is 286 g/mol. The zero-order valence-corrected chi connectivity index (χ0v) is 12.2. The maximum absolute atomic E-state index is 11.0. The van der Waals surface area contributed by atoms with E-state index >= 15 is 0 Å². The second-order valence-corrected chi connectivity index (χ2v) is 6.64. The molecule has 112 valence electrons. The Morgan fingerprint density at radius 2 is 1.81 bits per heavy atom. The van der Waals surface area contributed by atoms with Crippen molar-refractivity contribution in [3.63, 3.8) is 0 Å². The summed E-state index contributed by atoms with van der Waals surface area (Å²) in [4.78, 5) is 15.0. The van der Waals surface area contributed by atoms with Gasteiger partial charge in [-0.15, -0.1) is 0 Å². The van der Waals surface area contributed by atoms with Gasteiger partial charge in [-0.2, -0.15) is 0 Å². The van der Waals surface area contributed by atoms with E-state index in [0.29, 0.717) is 25.2 Å². The lowest BCUT2D eigenvalue weighted by atomic mass is 9.94. The van der Waals surface area contributed by atoms with Gasteiger partial charge < -0.3 is 10.0 Å². The standard InChI is InChI=1S/C17H22N2O2/c20-17(21)18-10-13(11-18)19-9-3-6-16(19)15-5-2-1-4-14(15)12-7-8-12/h1-2,4-5,12-13,16H,3,6-11H2,(H,20,21). The molecule has 4 nitrogen and oxygen atoms in total. The van der Waals surface area contributed by atoms with Gasteiger partial charge in [0.05, 0.1) is 0 Å². The van der Waals surface area contributed by atoms with Gasteiger partial charge in [-0.3, -0.25) is 4.90 Å². The molecule has 1 aromatic rings. The van der Waals surface area contributed by atoms with E-state index in [1.54, 1.807) is 5.56 Å². The monoisotopic (exact) mass is 286 g/mol. The van der Waals surface area contributed by atoms with Crippen LogP contribution in [0.4, 0.5) is 4.79 Å². The van der Waals surface area contributed by atoms with Gasteiger partial charge in [-0.1, -0.05) is 24.3 Å². The van der Waals surface area contributed by atoms with Gasteiger partial charge in [0.1, 0.15) is 0 Å². The van der Waals surface area contributed by atoms with Gasteiger partial charge in [0, 0.05) is 25.2 Å². The largest absolute Gasteiger partial charge is 0.465 e. The number of hydrogen-bond donors (Lipinski definition) is 1. The van der Waals surface area contributed by atoms with Gasteiger partial charge in [0.15, 0.2) is 0 Å². The van der Waals surface area contributed by atoms with Gasteiger partial charge in [-0.05, 0) is 49.3 Å². The van der Waals surface area contributed by atoms with Gasteiger partial charge in [-0.25, -0.2) is 4.79 Å². The van der Waals surface area contributed by atoms with Crippen molar-refractivity contribution in [1.29, 1.82) is 0 Å². The van der Waals surface area contributed by atoms with E-state index in [9.17, 15) is 4.79 Å². The molecular formula is C17H22N2O2. The SMILES string of the molecule is O=C(O)N1CC(N2CCCC2c2ccccc2C2CC2)C1. The van der Waals surface area contributed by atoms with Crippen LogP contribution in [0.2, 0.25) is 0 Å². The Hall–Kier alpha value is -1.55. The number of likely N-dealkylation sites (tertiary alicyclic amines) is 2. The van der Waals surface area contributed by atoms with Crippen molar-refractivity contribution in [3.8, 4) is 0 Å². The second-order valence-electron chi connectivity index (χ2n) is 6.64. The molecule has 2 saturated heterocycles. The van der Waals surface area contributed by atoms with Crippen LogP contribution in [0.25, 0.3) is 0 Å². The first-order chi connectivity index (χ1) is 10.2. The number of carboxylic acid groups (broad SMARTS) is 1. The Morgan fingerprint density at radius 3 is 2.48 bits per heavy atom. The van der Waals surface area contributed by atoms with E-state index < -0.39 is 6.09 Å². The smallest absolute Gasteiger partial charge is 0.407 e. The molecule has 1 unspecified atom stereocenters. The average Bonchev–Trinajstić information content (AvgIpc) is 3.16. The van der Waals surface area contributed by atoms with Crippen molar-refractivity contribution in [2.24, 2.45) is 0 Å². The fourth-order valence-electron chi connectivity index (χ4n) is 3.96. The predicted molar refractivity (Wildman–Crippen MR) is 80.5 cm³/mol. The topological polar surface area (TPSA) is 43.8 Å². The van der Waals surface area contributed by atoms with E-state index in [0.717, 1.165) is 12.5 Å². The highest BCUT2D eigenvalue weighted by molar-refractivity contribution is 5.66. The number of amides is 1.